The predicted octanol–water partition coefficient (Wildman–Crippen LogP) is 3.98. The first kappa shape index (κ1) is 33.5. The number of nitrogens with zero attached hydrogens (tertiary/aromatic N) is 4. The van der Waals surface area contributed by atoms with E-state index in [4.69, 9.17) is 18.9 Å². The zero-order valence-corrected chi connectivity index (χ0v) is 26.7. The number of hydrogen-bond acceptors (Lipinski definition) is 9. The minimum atomic E-state index is -3.86. The zero-order valence-electron chi connectivity index (χ0n) is 25.9. The minimum Gasteiger partial charge on any atom is -0.488 e. The number of methoxy groups -OCH3 is 1. The lowest BCUT2D eigenvalue weighted by Gasteiger charge is -2.31. The summed E-state index contributed by atoms with van der Waals surface area (Å²) in [6.45, 7) is 9.31. The normalized spacial score (nSPS) is 17.4. The van der Waals surface area contributed by atoms with Crippen LogP contribution in [0.15, 0.2) is 53.6 Å². The van der Waals surface area contributed by atoms with Crippen LogP contribution in [0.25, 0.3) is 0 Å². The molecule has 13 heteroatoms. The van der Waals surface area contributed by atoms with Crippen LogP contribution < -0.4 is 4.74 Å². The third kappa shape index (κ3) is 7.83. The van der Waals surface area contributed by atoms with Gasteiger partial charge in [0, 0.05) is 13.7 Å². The largest absolute Gasteiger partial charge is 0.488 e. The molecule has 0 fully saturated rings. The van der Waals surface area contributed by atoms with Gasteiger partial charge in [-0.25, -0.2) is 13.1 Å². The van der Waals surface area contributed by atoms with Crippen LogP contribution in [0.1, 0.15) is 55.7 Å². The first-order chi connectivity index (χ1) is 21.0. The fourth-order valence-electron chi connectivity index (χ4n) is 4.94. The number of aromatic nitrogens is 3. The highest BCUT2D eigenvalue weighted by Gasteiger charge is 2.40. The van der Waals surface area contributed by atoms with Crippen molar-refractivity contribution in [2.45, 2.75) is 70.9 Å². The van der Waals surface area contributed by atoms with E-state index in [2.05, 4.69) is 10.3 Å². The molecule has 0 saturated heterocycles. The molecule has 4 rings (SSSR count). The Morgan fingerprint density at radius 3 is 2.68 bits per heavy atom. The van der Waals surface area contributed by atoms with Crippen molar-refractivity contribution >= 4 is 16.0 Å². The van der Waals surface area contributed by atoms with Crippen molar-refractivity contribution in [3.8, 4) is 5.75 Å². The molecule has 2 aromatic carbocycles. The maximum atomic E-state index is 13.8. The second-order valence-electron chi connectivity index (χ2n) is 11.4. The summed E-state index contributed by atoms with van der Waals surface area (Å²) in [5.74, 6) is -0.685. The zero-order chi connectivity index (χ0) is 31.9. The fraction of sp³-hybridized carbons (Fsp3) is 0.516. The van der Waals surface area contributed by atoms with Crippen LogP contribution in [-0.2, 0) is 48.7 Å². The Morgan fingerprint density at radius 2 is 1.95 bits per heavy atom. The SMILES string of the molecule is CC[C@@H]1CN(Cc2cc(C(OCc3cn(CCOCCOC)nn3)C(C)(C)C(=O)O)ccc2C)S(=O)(=O)c2ccccc2O1. The molecular weight excluding hydrogens is 588 g/mol. The van der Waals surface area contributed by atoms with Crippen molar-refractivity contribution in [2.24, 2.45) is 5.41 Å². The van der Waals surface area contributed by atoms with E-state index in [1.54, 1.807) is 56.1 Å². The molecule has 1 N–H and O–H groups in total. The van der Waals surface area contributed by atoms with Gasteiger partial charge in [0.05, 0.1) is 57.2 Å². The van der Waals surface area contributed by atoms with Crippen molar-refractivity contribution in [1.82, 2.24) is 19.3 Å². The number of ether oxygens (including phenoxy) is 4. The summed E-state index contributed by atoms with van der Waals surface area (Å²) in [4.78, 5) is 12.5. The summed E-state index contributed by atoms with van der Waals surface area (Å²) in [6.07, 6.45) is 1.19. The molecule has 2 atom stereocenters. The number of rotatable bonds is 15. The van der Waals surface area contributed by atoms with E-state index in [-0.39, 0.29) is 30.7 Å². The summed E-state index contributed by atoms with van der Waals surface area (Å²) in [7, 11) is -2.25. The van der Waals surface area contributed by atoms with Crippen molar-refractivity contribution in [3.63, 3.8) is 0 Å². The van der Waals surface area contributed by atoms with Crippen molar-refractivity contribution < 1.29 is 37.3 Å². The standard InChI is InChI=1S/C31H42N4O8S/c1-6-26-20-35(44(38,39)28-10-8-7-9-27(28)43-26)18-24-17-23(12-11-22(24)2)29(31(3,4)30(36)37)42-21-25-19-34(33-32-25)13-14-41-16-15-40-5/h7-12,17,19,26,29H,6,13-16,18,20-21H2,1-5H3,(H,36,37)/t26-,29?/m1/s1. The number of hydrogen-bond donors (Lipinski definition) is 1. The van der Waals surface area contributed by atoms with Crippen LogP contribution in [-0.4, -0.2) is 78.4 Å². The van der Waals surface area contributed by atoms with Gasteiger partial charge in [0.2, 0.25) is 10.0 Å². The molecule has 44 heavy (non-hydrogen) atoms. The van der Waals surface area contributed by atoms with Gasteiger partial charge in [0.1, 0.15) is 22.4 Å². The van der Waals surface area contributed by atoms with E-state index in [1.807, 2.05) is 32.0 Å². The van der Waals surface area contributed by atoms with Crippen LogP contribution in [0.3, 0.4) is 0 Å². The first-order valence-electron chi connectivity index (χ1n) is 14.6. The van der Waals surface area contributed by atoms with E-state index in [0.717, 1.165) is 11.1 Å². The molecule has 1 aliphatic heterocycles. The lowest BCUT2D eigenvalue weighted by molar-refractivity contribution is -0.158. The molecule has 0 saturated carbocycles. The van der Waals surface area contributed by atoms with Gasteiger partial charge in [-0.15, -0.1) is 5.10 Å². The van der Waals surface area contributed by atoms with Crippen LogP contribution in [0.4, 0.5) is 0 Å². The topological polar surface area (TPSA) is 142 Å². The van der Waals surface area contributed by atoms with Gasteiger partial charge in [0.15, 0.2) is 0 Å². The summed E-state index contributed by atoms with van der Waals surface area (Å²) >= 11 is 0. The summed E-state index contributed by atoms with van der Waals surface area (Å²) in [5.41, 5.74) is 1.47. The number of aryl methyl sites for hydroxylation is 1. The molecule has 2 heterocycles. The monoisotopic (exact) mass is 630 g/mol. The Bertz CT molecular complexity index is 1520. The highest BCUT2D eigenvalue weighted by molar-refractivity contribution is 7.89. The van der Waals surface area contributed by atoms with Crippen LogP contribution in [0.5, 0.6) is 5.75 Å². The average Bonchev–Trinajstić information content (AvgIpc) is 3.41. The first-order valence-corrected chi connectivity index (χ1v) is 16.1. The molecule has 3 aromatic rings. The Morgan fingerprint density at radius 1 is 1.18 bits per heavy atom. The lowest BCUT2D eigenvalue weighted by Crippen LogP contribution is -2.36. The third-order valence-electron chi connectivity index (χ3n) is 7.73. The van der Waals surface area contributed by atoms with Crippen LogP contribution in [0, 0.1) is 12.3 Å². The average molecular weight is 631 g/mol. The molecule has 0 radical (unpaired) electrons. The number of carboxylic acids is 1. The van der Waals surface area contributed by atoms with Crippen LogP contribution >= 0.6 is 0 Å². The van der Waals surface area contributed by atoms with Gasteiger partial charge in [0.25, 0.3) is 0 Å². The van der Waals surface area contributed by atoms with E-state index < -0.39 is 27.5 Å². The van der Waals surface area contributed by atoms with Gasteiger partial charge < -0.3 is 24.1 Å². The quantitative estimate of drug-likeness (QED) is 0.245. The van der Waals surface area contributed by atoms with Gasteiger partial charge >= 0.3 is 5.97 Å². The fourth-order valence-corrected chi connectivity index (χ4v) is 6.51. The number of aliphatic carboxylic acids is 1. The molecular formula is C31H42N4O8S. The van der Waals surface area contributed by atoms with E-state index in [0.29, 0.717) is 49.8 Å². The highest BCUT2D eigenvalue weighted by atomic mass is 32.2. The maximum absolute atomic E-state index is 13.8. The number of para-hydroxylation sites is 1. The van der Waals surface area contributed by atoms with Crippen molar-refractivity contribution in [3.05, 3.63) is 71.0 Å². The number of sulfonamides is 1. The van der Waals surface area contributed by atoms with Gasteiger partial charge in [-0.1, -0.05) is 42.5 Å². The Kier molecular flexibility index (Phi) is 11.1. The molecule has 1 aliphatic rings. The summed E-state index contributed by atoms with van der Waals surface area (Å²) in [5, 5.41) is 18.4. The van der Waals surface area contributed by atoms with E-state index >= 15 is 0 Å². The molecule has 0 aliphatic carbocycles. The molecule has 1 aromatic heterocycles. The minimum absolute atomic E-state index is 0.0297. The summed E-state index contributed by atoms with van der Waals surface area (Å²) < 4.78 is 53.3. The Hall–Kier alpha value is -3.36. The number of benzene rings is 2. The molecule has 0 spiro atoms. The van der Waals surface area contributed by atoms with Gasteiger partial charge in [-0.2, -0.15) is 4.31 Å². The van der Waals surface area contributed by atoms with Crippen molar-refractivity contribution in [2.75, 3.05) is 33.5 Å². The Balaban J connectivity index is 1.57. The molecule has 1 unspecified atom stereocenters. The Labute approximate surface area is 258 Å². The second kappa shape index (κ2) is 14.6. The highest BCUT2D eigenvalue weighted by Crippen LogP contribution is 2.39. The van der Waals surface area contributed by atoms with E-state index in [1.165, 1.54) is 4.31 Å². The molecule has 12 nitrogen and oxygen atoms in total. The number of fused-ring (bicyclic) bond motifs is 1. The van der Waals surface area contributed by atoms with Crippen LogP contribution in [0.2, 0.25) is 0 Å². The number of carboxylic acid groups (broad SMARTS) is 1. The smallest absolute Gasteiger partial charge is 0.312 e. The van der Waals surface area contributed by atoms with E-state index in [9.17, 15) is 18.3 Å². The molecule has 0 bridgehead atoms. The second-order valence-corrected chi connectivity index (χ2v) is 13.3. The van der Waals surface area contributed by atoms with Gasteiger partial charge in [-0.3, -0.25) is 4.79 Å². The van der Waals surface area contributed by atoms with Crippen molar-refractivity contribution in [1.29, 1.82) is 0 Å². The molecule has 0 amide bonds. The maximum Gasteiger partial charge on any atom is 0.312 e. The lowest BCUT2D eigenvalue weighted by atomic mass is 9.81. The predicted molar refractivity (Wildman–Crippen MR) is 162 cm³/mol. The molecule has 240 valence electrons. The van der Waals surface area contributed by atoms with Gasteiger partial charge in [-0.05, 0) is 56.0 Å². The third-order valence-corrected chi connectivity index (χ3v) is 9.58. The number of carbonyl (C=O) groups is 1. The summed E-state index contributed by atoms with van der Waals surface area (Å²) in [6, 6.07) is 12.2.